The number of hydrogen-bond acceptors (Lipinski definition) is 2. The van der Waals surface area contributed by atoms with E-state index in [0.29, 0.717) is 0 Å². The van der Waals surface area contributed by atoms with E-state index in [0.717, 1.165) is 24.1 Å². The molecule has 2 heteroatoms. The highest BCUT2D eigenvalue weighted by atomic mass is 16.3. The number of hydrogen-bond donors (Lipinski definition) is 1. The maximum absolute atomic E-state index is 9.99. The molecule has 0 aliphatic rings. The Morgan fingerprint density at radius 3 is 2.13 bits per heavy atom. The fraction of sp³-hybridized carbons (Fsp3) is 0.381. The van der Waals surface area contributed by atoms with Gasteiger partial charge in [0.15, 0.2) is 0 Å². The van der Waals surface area contributed by atoms with Crippen molar-refractivity contribution in [2.75, 3.05) is 0 Å². The lowest BCUT2D eigenvalue weighted by atomic mass is 10.1. The van der Waals surface area contributed by atoms with Crippen molar-refractivity contribution in [2.45, 2.75) is 52.4 Å². The molecule has 0 fully saturated rings. The quantitative estimate of drug-likeness (QED) is 0.611. The topological polar surface area (TPSA) is 32.6 Å². The van der Waals surface area contributed by atoms with Gasteiger partial charge >= 0.3 is 0 Å². The Morgan fingerprint density at radius 1 is 0.870 bits per heavy atom. The molecule has 0 aromatic heterocycles. The number of benzene rings is 2. The summed E-state index contributed by atoms with van der Waals surface area (Å²) in [5.74, 6) is 0.286. The van der Waals surface area contributed by atoms with Gasteiger partial charge in [-0.15, -0.1) is 0 Å². The maximum Gasteiger partial charge on any atom is 0.124 e. The van der Waals surface area contributed by atoms with Gasteiger partial charge in [0, 0.05) is 11.8 Å². The number of aromatic hydroxyl groups is 1. The van der Waals surface area contributed by atoms with Gasteiger partial charge in [0.2, 0.25) is 0 Å². The summed E-state index contributed by atoms with van der Waals surface area (Å²) in [4.78, 5) is 4.50. The number of aryl methyl sites for hydroxylation is 2. The molecule has 0 saturated heterocycles. The molecular weight excluding hydrogens is 282 g/mol. The number of aliphatic imine (C=N–C) groups is 1. The number of phenols is 1. The van der Waals surface area contributed by atoms with Gasteiger partial charge < -0.3 is 5.11 Å². The molecule has 0 heterocycles. The van der Waals surface area contributed by atoms with Crippen molar-refractivity contribution in [3.63, 3.8) is 0 Å². The van der Waals surface area contributed by atoms with Crippen molar-refractivity contribution >= 4 is 11.9 Å². The Balaban J connectivity index is 2.06. The second kappa shape index (κ2) is 9.14. The van der Waals surface area contributed by atoms with Gasteiger partial charge in [0.1, 0.15) is 5.75 Å². The van der Waals surface area contributed by atoms with Crippen molar-refractivity contribution in [1.82, 2.24) is 0 Å². The molecule has 0 amide bonds. The van der Waals surface area contributed by atoms with Crippen LogP contribution < -0.4 is 0 Å². The van der Waals surface area contributed by atoms with Crippen LogP contribution >= 0.6 is 0 Å². The molecular formula is C21H27NO. The standard InChI is InChI=1S/C21H27NO/c1-3-5-7-17-9-12-20(13-10-17)22-16-19-15-18(8-6-4-2)11-14-21(19)23/h9-16,23H,3-8H2,1-2H3. The highest BCUT2D eigenvalue weighted by molar-refractivity contribution is 5.85. The first-order valence-corrected chi connectivity index (χ1v) is 8.67. The van der Waals surface area contributed by atoms with Crippen LogP contribution in [-0.4, -0.2) is 11.3 Å². The van der Waals surface area contributed by atoms with Gasteiger partial charge in [-0.3, -0.25) is 4.99 Å². The predicted molar refractivity (Wildman–Crippen MR) is 99.0 cm³/mol. The first kappa shape index (κ1) is 17.3. The van der Waals surface area contributed by atoms with E-state index in [4.69, 9.17) is 0 Å². The molecule has 0 bridgehead atoms. The first-order chi connectivity index (χ1) is 11.2. The lowest BCUT2D eigenvalue weighted by molar-refractivity contribution is 0.474. The molecule has 1 N–H and O–H groups in total. The third-order valence-corrected chi connectivity index (χ3v) is 4.02. The van der Waals surface area contributed by atoms with E-state index in [1.54, 1.807) is 12.3 Å². The average molecular weight is 309 g/mol. The van der Waals surface area contributed by atoms with Crippen molar-refractivity contribution in [1.29, 1.82) is 0 Å². The zero-order chi connectivity index (χ0) is 16.5. The molecule has 2 rings (SSSR count). The van der Waals surface area contributed by atoms with Gasteiger partial charge in [-0.2, -0.15) is 0 Å². The monoisotopic (exact) mass is 309 g/mol. The summed E-state index contributed by atoms with van der Waals surface area (Å²) in [5.41, 5.74) is 4.31. The SMILES string of the molecule is CCCCc1ccc(N=Cc2cc(CCCC)ccc2O)cc1. The average Bonchev–Trinajstić information content (AvgIpc) is 2.59. The minimum Gasteiger partial charge on any atom is -0.507 e. The lowest BCUT2D eigenvalue weighted by Crippen LogP contribution is -1.89. The fourth-order valence-corrected chi connectivity index (χ4v) is 2.52. The third kappa shape index (κ3) is 5.55. The molecule has 0 saturated carbocycles. The second-order valence-electron chi connectivity index (χ2n) is 6.02. The summed E-state index contributed by atoms with van der Waals surface area (Å²) in [6.45, 7) is 4.40. The van der Waals surface area contributed by atoms with Crippen LogP contribution in [0.25, 0.3) is 0 Å². The van der Waals surface area contributed by atoms with Crippen LogP contribution in [0, 0.1) is 0 Å². The van der Waals surface area contributed by atoms with E-state index in [9.17, 15) is 5.11 Å². The summed E-state index contributed by atoms with van der Waals surface area (Å²) in [5, 5.41) is 9.99. The molecule has 0 atom stereocenters. The number of rotatable bonds is 8. The van der Waals surface area contributed by atoms with Crippen LogP contribution in [-0.2, 0) is 12.8 Å². The largest absolute Gasteiger partial charge is 0.507 e. The van der Waals surface area contributed by atoms with Crippen molar-refractivity contribution in [3.8, 4) is 5.75 Å². The molecule has 0 radical (unpaired) electrons. The van der Waals surface area contributed by atoms with E-state index in [1.807, 2.05) is 24.3 Å². The van der Waals surface area contributed by atoms with Crippen LogP contribution in [0.1, 0.15) is 56.2 Å². The molecule has 0 aliphatic heterocycles. The van der Waals surface area contributed by atoms with Crippen LogP contribution in [0.4, 0.5) is 5.69 Å². The minimum atomic E-state index is 0.286. The minimum absolute atomic E-state index is 0.286. The number of phenolic OH excluding ortho intramolecular Hbond substituents is 1. The van der Waals surface area contributed by atoms with Gasteiger partial charge in [0.25, 0.3) is 0 Å². The molecule has 122 valence electrons. The Labute approximate surface area is 139 Å². The fourth-order valence-electron chi connectivity index (χ4n) is 2.52. The lowest BCUT2D eigenvalue weighted by Gasteiger charge is -2.04. The molecule has 2 aromatic carbocycles. The third-order valence-electron chi connectivity index (χ3n) is 4.02. The summed E-state index contributed by atoms with van der Waals surface area (Å²) in [6.07, 6.45) is 8.71. The van der Waals surface area contributed by atoms with Gasteiger partial charge in [-0.25, -0.2) is 0 Å². The normalized spacial score (nSPS) is 11.2. The summed E-state index contributed by atoms with van der Waals surface area (Å²) < 4.78 is 0. The molecule has 0 spiro atoms. The molecule has 23 heavy (non-hydrogen) atoms. The summed E-state index contributed by atoms with van der Waals surface area (Å²) in [6, 6.07) is 14.1. The van der Waals surface area contributed by atoms with E-state index in [-0.39, 0.29) is 5.75 Å². The zero-order valence-corrected chi connectivity index (χ0v) is 14.3. The molecule has 2 aromatic rings. The van der Waals surface area contributed by atoms with Crippen LogP contribution in [0.2, 0.25) is 0 Å². The molecule has 0 unspecified atom stereocenters. The highest BCUT2D eigenvalue weighted by Crippen LogP contribution is 2.20. The summed E-state index contributed by atoms with van der Waals surface area (Å²) in [7, 11) is 0. The van der Waals surface area contributed by atoms with Crippen LogP contribution in [0.5, 0.6) is 5.75 Å². The zero-order valence-electron chi connectivity index (χ0n) is 14.3. The van der Waals surface area contributed by atoms with E-state index in [2.05, 4.69) is 31.0 Å². The van der Waals surface area contributed by atoms with Crippen molar-refractivity contribution < 1.29 is 5.11 Å². The van der Waals surface area contributed by atoms with Crippen molar-refractivity contribution in [3.05, 3.63) is 59.2 Å². The number of nitrogens with zero attached hydrogens (tertiary/aromatic N) is 1. The predicted octanol–water partition coefficient (Wildman–Crippen LogP) is 5.83. The Bertz CT molecular complexity index is 629. The second-order valence-corrected chi connectivity index (χ2v) is 6.02. The van der Waals surface area contributed by atoms with E-state index in [1.165, 1.54) is 36.8 Å². The van der Waals surface area contributed by atoms with Gasteiger partial charge in [-0.05, 0) is 61.1 Å². The van der Waals surface area contributed by atoms with Gasteiger partial charge in [0.05, 0.1) is 5.69 Å². The van der Waals surface area contributed by atoms with Crippen molar-refractivity contribution in [2.24, 2.45) is 4.99 Å². The first-order valence-electron chi connectivity index (χ1n) is 8.67. The molecule has 0 aliphatic carbocycles. The summed E-state index contributed by atoms with van der Waals surface area (Å²) >= 11 is 0. The Morgan fingerprint density at radius 2 is 1.48 bits per heavy atom. The Hall–Kier alpha value is -2.09. The maximum atomic E-state index is 9.99. The van der Waals surface area contributed by atoms with Crippen LogP contribution in [0.15, 0.2) is 47.5 Å². The van der Waals surface area contributed by atoms with Crippen LogP contribution in [0.3, 0.4) is 0 Å². The highest BCUT2D eigenvalue weighted by Gasteiger charge is 2.01. The Kier molecular flexibility index (Phi) is 6.86. The smallest absolute Gasteiger partial charge is 0.124 e. The molecule has 2 nitrogen and oxygen atoms in total. The van der Waals surface area contributed by atoms with E-state index < -0.39 is 0 Å². The van der Waals surface area contributed by atoms with E-state index >= 15 is 0 Å². The van der Waals surface area contributed by atoms with Gasteiger partial charge in [-0.1, -0.05) is 44.9 Å². The number of unbranched alkanes of at least 4 members (excludes halogenated alkanes) is 2.